The molecule has 2 aromatic carbocycles. The lowest BCUT2D eigenvalue weighted by atomic mass is 9.97. The predicted molar refractivity (Wildman–Crippen MR) is 173 cm³/mol. The third-order valence-corrected chi connectivity index (χ3v) is 8.47. The predicted octanol–water partition coefficient (Wildman–Crippen LogP) is 5.72. The average Bonchev–Trinajstić information content (AvgIpc) is 3.85. The molecule has 13 heteroatoms. The first kappa shape index (κ1) is 32.1. The van der Waals surface area contributed by atoms with E-state index in [9.17, 15) is 14.4 Å². The molecule has 3 N–H and O–H groups in total. The Morgan fingerprint density at radius 3 is 2.40 bits per heavy atom. The van der Waals surface area contributed by atoms with Crippen molar-refractivity contribution in [2.75, 3.05) is 29.4 Å². The number of carbonyl (C=O) groups is 3. The number of ether oxygens (including phenoxy) is 1. The van der Waals surface area contributed by atoms with E-state index in [4.69, 9.17) is 14.7 Å². The third-order valence-electron chi connectivity index (χ3n) is 8.47. The number of piperidine rings is 1. The summed E-state index contributed by atoms with van der Waals surface area (Å²) in [5, 5.41) is 8.63. The van der Waals surface area contributed by atoms with Crippen LogP contribution in [0.15, 0.2) is 36.4 Å². The lowest BCUT2D eigenvalue weighted by Crippen LogP contribution is -2.47. The van der Waals surface area contributed by atoms with Crippen LogP contribution in [-0.4, -0.2) is 59.3 Å². The Hall–Kier alpha value is -4.81. The van der Waals surface area contributed by atoms with E-state index in [1.807, 2.05) is 17.9 Å². The summed E-state index contributed by atoms with van der Waals surface area (Å²) in [6, 6.07) is 7.86. The number of carbonyl (C=O) groups excluding carboxylic acids is 3. The fourth-order valence-electron chi connectivity index (χ4n) is 5.80. The summed E-state index contributed by atoms with van der Waals surface area (Å²) in [4.78, 5) is 51.3. The molecule has 47 heavy (non-hydrogen) atoms. The number of para-hydroxylation sites is 1. The van der Waals surface area contributed by atoms with Gasteiger partial charge in [-0.25, -0.2) is 28.3 Å². The van der Waals surface area contributed by atoms with Crippen LogP contribution in [0.25, 0.3) is 11.3 Å². The molecule has 0 bridgehead atoms. The van der Waals surface area contributed by atoms with Gasteiger partial charge in [0.15, 0.2) is 5.82 Å². The van der Waals surface area contributed by atoms with E-state index in [2.05, 4.69) is 16.0 Å². The van der Waals surface area contributed by atoms with Crippen LogP contribution < -0.4 is 25.8 Å². The van der Waals surface area contributed by atoms with Crippen LogP contribution in [0.3, 0.4) is 0 Å². The molecule has 1 saturated heterocycles. The van der Waals surface area contributed by atoms with E-state index >= 15 is 8.78 Å². The molecule has 3 heterocycles. The number of amides is 4. The number of rotatable bonds is 7. The van der Waals surface area contributed by atoms with Crippen LogP contribution in [0.5, 0.6) is 0 Å². The fraction of sp³-hybridized carbons (Fsp3) is 0.441. The van der Waals surface area contributed by atoms with E-state index in [0.717, 1.165) is 35.4 Å². The number of benzene rings is 2. The number of hydrogen-bond acceptors (Lipinski definition) is 7. The maximum absolute atomic E-state index is 15.2. The van der Waals surface area contributed by atoms with E-state index in [1.54, 1.807) is 32.9 Å². The average molecular weight is 648 g/mol. The maximum Gasteiger partial charge on any atom is 0.407 e. The summed E-state index contributed by atoms with van der Waals surface area (Å²) >= 11 is 0. The number of hydrogen-bond donors (Lipinski definition) is 3. The molecule has 0 unspecified atom stereocenters. The van der Waals surface area contributed by atoms with E-state index in [1.165, 1.54) is 6.07 Å². The molecular formula is C34H39F2N7O4. The van der Waals surface area contributed by atoms with Gasteiger partial charge in [-0.2, -0.15) is 4.98 Å². The van der Waals surface area contributed by atoms with E-state index in [0.29, 0.717) is 60.8 Å². The third kappa shape index (κ3) is 7.13. The number of alkyl carbamates (subject to hydrolysis) is 1. The van der Waals surface area contributed by atoms with E-state index < -0.39 is 35.0 Å². The molecule has 0 spiro atoms. The summed E-state index contributed by atoms with van der Waals surface area (Å²) in [5.74, 6) is -1.23. The highest BCUT2D eigenvalue weighted by Gasteiger charge is 2.36. The van der Waals surface area contributed by atoms with Crippen molar-refractivity contribution >= 4 is 35.5 Å². The van der Waals surface area contributed by atoms with Gasteiger partial charge in [-0.3, -0.25) is 4.79 Å². The van der Waals surface area contributed by atoms with Gasteiger partial charge in [0.1, 0.15) is 22.9 Å². The summed E-state index contributed by atoms with van der Waals surface area (Å²) in [6.07, 6.45) is 2.85. The Balaban J connectivity index is 1.39. The number of anilines is 3. The number of urea groups is 1. The van der Waals surface area contributed by atoms with Gasteiger partial charge in [0.05, 0.1) is 12.2 Å². The lowest BCUT2D eigenvalue weighted by Gasteiger charge is -2.35. The Morgan fingerprint density at radius 2 is 1.74 bits per heavy atom. The van der Waals surface area contributed by atoms with Crippen molar-refractivity contribution in [1.82, 2.24) is 25.9 Å². The van der Waals surface area contributed by atoms with Crippen molar-refractivity contribution < 1.29 is 27.9 Å². The molecule has 248 valence electrons. The number of aryl methyl sites for hydroxylation is 1. The highest BCUT2D eigenvalue weighted by atomic mass is 19.1. The van der Waals surface area contributed by atoms with Crippen LogP contribution in [0, 0.1) is 24.5 Å². The SMILES string of the molecule is Cc1ccc(C(=O)NCC2CC2)cc1-c1nc(N2CCC(NC(=O)OC(C)(C)C)CC2)nc2c1CNC(=O)N2c1c(F)cccc1F. The van der Waals surface area contributed by atoms with Gasteiger partial charge in [-0.05, 0) is 89.1 Å². The Morgan fingerprint density at radius 1 is 1.04 bits per heavy atom. The highest BCUT2D eigenvalue weighted by Crippen LogP contribution is 2.40. The van der Waals surface area contributed by atoms with Crippen molar-refractivity contribution in [2.24, 2.45) is 5.92 Å². The van der Waals surface area contributed by atoms with Crippen molar-refractivity contribution in [3.8, 4) is 11.3 Å². The number of halogens is 2. The zero-order valence-corrected chi connectivity index (χ0v) is 27.0. The normalized spacial score (nSPS) is 16.8. The molecule has 6 rings (SSSR count). The first-order valence-electron chi connectivity index (χ1n) is 15.9. The molecule has 3 aliphatic rings. The topological polar surface area (TPSA) is 129 Å². The van der Waals surface area contributed by atoms with Gasteiger partial charge in [0.2, 0.25) is 5.95 Å². The molecule has 11 nitrogen and oxygen atoms in total. The van der Waals surface area contributed by atoms with Crippen molar-refractivity contribution in [1.29, 1.82) is 0 Å². The van der Waals surface area contributed by atoms with Crippen molar-refractivity contribution in [2.45, 2.75) is 71.6 Å². The first-order valence-corrected chi connectivity index (χ1v) is 15.9. The standard InChI is InChI=1S/C34H39F2N7O4/c1-19-8-11-21(30(44)37-17-20-9-10-20)16-23(19)27-24-18-38-32(45)43(28-25(35)6-5-7-26(28)36)29(24)41-31(40-27)42-14-12-22(13-15-42)39-33(46)47-34(2,3)4/h5-8,11,16,20,22H,9-10,12-15,17-18H2,1-4H3,(H,37,44)(H,38,45)(H,39,46). The molecule has 0 atom stereocenters. The Bertz CT molecular complexity index is 1690. The van der Waals surface area contributed by atoms with E-state index in [-0.39, 0.29) is 30.3 Å². The largest absolute Gasteiger partial charge is 0.444 e. The van der Waals surface area contributed by atoms with Gasteiger partial charge in [-0.1, -0.05) is 12.1 Å². The number of aromatic nitrogens is 2. The molecule has 3 aromatic rings. The number of nitrogens with zero attached hydrogens (tertiary/aromatic N) is 4. The molecule has 4 amide bonds. The number of nitrogens with one attached hydrogen (secondary N) is 3. The molecule has 2 fully saturated rings. The van der Waals surface area contributed by atoms with Gasteiger partial charge in [-0.15, -0.1) is 0 Å². The second-order valence-corrected chi connectivity index (χ2v) is 13.3. The number of fused-ring (bicyclic) bond motifs is 1. The van der Waals surface area contributed by atoms with Crippen LogP contribution >= 0.6 is 0 Å². The lowest BCUT2D eigenvalue weighted by molar-refractivity contribution is 0.0497. The molecule has 1 aromatic heterocycles. The molecule has 1 saturated carbocycles. The Kier molecular flexibility index (Phi) is 8.73. The minimum atomic E-state index is -0.922. The monoisotopic (exact) mass is 647 g/mol. The van der Waals surface area contributed by atoms with Gasteiger partial charge >= 0.3 is 12.1 Å². The second-order valence-electron chi connectivity index (χ2n) is 13.3. The van der Waals surface area contributed by atoms with Gasteiger partial charge in [0, 0.05) is 42.4 Å². The Labute approximate surface area is 272 Å². The fourth-order valence-corrected chi connectivity index (χ4v) is 5.80. The maximum atomic E-state index is 15.2. The second kappa shape index (κ2) is 12.8. The zero-order chi connectivity index (χ0) is 33.5. The van der Waals surface area contributed by atoms with Gasteiger partial charge in [0.25, 0.3) is 5.91 Å². The van der Waals surface area contributed by atoms with Crippen LogP contribution in [0.2, 0.25) is 0 Å². The summed E-state index contributed by atoms with van der Waals surface area (Å²) in [6.45, 7) is 8.83. The molecule has 2 aliphatic heterocycles. The summed E-state index contributed by atoms with van der Waals surface area (Å²) < 4.78 is 35.7. The smallest absolute Gasteiger partial charge is 0.407 e. The zero-order valence-electron chi connectivity index (χ0n) is 27.0. The molecule has 0 radical (unpaired) electrons. The summed E-state index contributed by atoms with van der Waals surface area (Å²) in [5.41, 5.74) is 1.62. The molecular weight excluding hydrogens is 608 g/mol. The minimum Gasteiger partial charge on any atom is -0.444 e. The summed E-state index contributed by atoms with van der Waals surface area (Å²) in [7, 11) is 0. The quantitative estimate of drug-likeness (QED) is 0.299. The minimum absolute atomic E-state index is 0.00970. The van der Waals surface area contributed by atoms with Crippen molar-refractivity contribution in [3.05, 3.63) is 64.7 Å². The van der Waals surface area contributed by atoms with Crippen LogP contribution in [-0.2, 0) is 11.3 Å². The highest BCUT2D eigenvalue weighted by molar-refractivity contribution is 6.02. The van der Waals surface area contributed by atoms with Crippen LogP contribution in [0.4, 0.5) is 35.8 Å². The van der Waals surface area contributed by atoms with Crippen LogP contribution in [0.1, 0.15) is 67.9 Å². The van der Waals surface area contributed by atoms with Crippen molar-refractivity contribution in [3.63, 3.8) is 0 Å². The molecule has 1 aliphatic carbocycles. The first-order chi connectivity index (χ1) is 22.4. The van der Waals surface area contributed by atoms with Gasteiger partial charge < -0.3 is 25.6 Å².